The van der Waals surface area contributed by atoms with Crippen LogP contribution in [0.5, 0.6) is 0 Å². The van der Waals surface area contributed by atoms with Gasteiger partial charge in [-0.05, 0) is 13.3 Å². The third-order valence-corrected chi connectivity index (χ3v) is 4.44. The number of piperazine rings is 1. The van der Waals surface area contributed by atoms with Gasteiger partial charge in [-0.2, -0.15) is 4.31 Å². The van der Waals surface area contributed by atoms with Crippen molar-refractivity contribution in [2.24, 2.45) is 0 Å². The fraction of sp³-hybridized carbons (Fsp3) is 1.00. The molecule has 0 aromatic carbocycles. The van der Waals surface area contributed by atoms with E-state index in [-0.39, 0.29) is 11.8 Å². The normalized spacial score (nSPS) is 26.2. The second-order valence-electron chi connectivity index (χ2n) is 3.48. The van der Waals surface area contributed by atoms with Gasteiger partial charge in [-0.1, -0.05) is 6.92 Å². The molecule has 1 heterocycles. The highest BCUT2D eigenvalue weighted by Crippen LogP contribution is 2.10. The summed E-state index contributed by atoms with van der Waals surface area (Å²) in [5.74, 6) is 0.275. The number of rotatable bonds is 3. The standard InChI is InChI=1S/C8H18N2O2S/c1-3-6-13(11,12)10-5-4-9-7-8(10)2/h8-9H,3-7H2,1-2H3/t8-/m0/s1. The van der Waals surface area contributed by atoms with Gasteiger partial charge in [-0.15, -0.1) is 0 Å². The van der Waals surface area contributed by atoms with E-state index in [1.807, 2.05) is 13.8 Å². The van der Waals surface area contributed by atoms with Crippen LogP contribution in [0, 0.1) is 0 Å². The first-order chi connectivity index (χ1) is 6.08. The molecule has 0 aliphatic carbocycles. The summed E-state index contributed by atoms with van der Waals surface area (Å²) in [7, 11) is -2.99. The first-order valence-electron chi connectivity index (χ1n) is 4.78. The van der Waals surface area contributed by atoms with Gasteiger partial charge in [0.05, 0.1) is 5.75 Å². The average molecular weight is 206 g/mol. The Hall–Kier alpha value is -0.130. The maximum Gasteiger partial charge on any atom is 0.214 e. The highest BCUT2D eigenvalue weighted by molar-refractivity contribution is 7.89. The molecular weight excluding hydrogens is 188 g/mol. The highest BCUT2D eigenvalue weighted by Gasteiger charge is 2.28. The lowest BCUT2D eigenvalue weighted by Crippen LogP contribution is -2.52. The predicted molar refractivity (Wildman–Crippen MR) is 53.1 cm³/mol. The number of hydrogen-bond acceptors (Lipinski definition) is 3. The average Bonchev–Trinajstić information content (AvgIpc) is 2.04. The van der Waals surface area contributed by atoms with Crippen LogP contribution in [-0.4, -0.2) is 44.2 Å². The van der Waals surface area contributed by atoms with E-state index in [4.69, 9.17) is 0 Å². The molecule has 0 aromatic heterocycles. The Labute approximate surface area is 80.4 Å². The van der Waals surface area contributed by atoms with E-state index in [1.54, 1.807) is 4.31 Å². The highest BCUT2D eigenvalue weighted by atomic mass is 32.2. The van der Waals surface area contributed by atoms with Gasteiger partial charge in [-0.3, -0.25) is 0 Å². The van der Waals surface area contributed by atoms with Crippen molar-refractivity contribution in [3.63, 3.8) is 0 Å². The molecule has 5 heteroatoms. The Balaban J connectivity index is 2.68. The van der Waals surface area contributed by atoms with Crippen molar-refractivity contribution in [2.45, 2.75) is 26.3 Å². The summed E-state index contributed by atoms with van der Waals surface area (Å²) in [6.07, 6.45) is 0.693. The zero-order valence-electron chi connectivity index (χ0n) is 8.28. The minimum atomic E-state index is -2.99. The van der Waals surface area contributed by atoms with Crippen LogP contribution in [0.1, 0.15) is 20.3 Å². The van der Waals surface area contributed by atoms with Crippen LogP contribution in [0.25, 0.3) is 0 Å². The molecule has 1 atom stereocenters. The van der Waals surface area contributed by atoms with E-state index < -0.39 is 10.0 Å². The molecule has 1 rings (SSSR count). The van der Waals surface area contributed by atoms with Crippen LogP contribution in [-0.2, 0) is 10.0 Å². The smallest absolute Gasteiger partial charge is 0.214 e. The maximum atomic E-state index is 11.7. The first kappa shape index (κ1) is 10.9. The molecule has 0 amide bonds. The van der Waals surface area contributed by atoms with Crippen LogP contribution >= 0.6 is 0 Å². The third kappa shape index (κ3) is 2.65. The molecule has 1 saturated heterocycles. The number of nitrogens with one attached hydrogen (secondary N) is 1. The van der Waals surface area contributed by atoms with Gasteiger partial charge >= 0.3 is 0 Å². The molecule has 1 N–H and O–H groups in total. The van der Waals surface area contributed by atoms with E-state index in [0.717, 1.165) is 13.1 Å². The summed E-state index contributed by atoms with van der Waals surface area (Å²) in [5.41, 5.74) is 0. The van der Waals surface area contributed by atoms with Gasteiger partial charge in [-0.25, -0.2) is 8.42 Å². The van der Waals surface area contributed by atoms with Crippen molar-refractivity contribution in [3.05, 3.63) is 0 Å². The lowest BCUT2D eigenvalue weighted by molar-refractivity contribution is 0.284. The summed E-state index contributed by atoms with van der Waals surface area (Å²) in [6.45, 7) is 5.99. The van der Waals surface area contributed by atoms with Gasteiger partial charge in [0.2, 0.25) is 10.0 Å². The molecule has 13 heavy (non-hydrogen) atoms. The Kier molecular flexibility index (Phi) is 3.70. The van der Waals surface area contributed by atoms with E-state index in [9.17, 15) is 8.42 Å². The van der Waals surface area contributed by atoms with Crippen LogP contribution in [0.2, 0.25) is 0 Å². The fourth-order valence-electron chi connectivity index (χ4n) is 1.61. The van der Waals surface area contributed by atoms with Crippen LogP contribution in [0.4, 0.5) is 0 Å². The van der Waals surface area contributed by atoms with E-state index in [0.29, 0.717) is 13.0 Å². The zero-order valence-corrected chi connectivity index (χ0v) is 9.10. The van der Waals surface area contributed by atoms with E-state index >= 15 is 0 Å². The largest absolute Gasteiger partial charge is 0.314 e. The molecule has 1 aliphatic rings. The van der Waals surface area contributed by atoms with Crippen molar-refractivity contribution < 1.29 is 8.42 Å². The van der Waals surface area contributed by atoms with Crippen LogP contribution in [0.3, 0.4) is 0 Å². The summed E-state index contributed by atoms with van der Waals surface area (Å²) >= 11 is 0. The Morgan fingerprint density at radius 2 is 2.23 bits per heavy atom. The van der Waals surface area contributed by atoms with E-state index in [1.165, 1.54) is 0 Å². The fourth-order valence-corrected chi connectivity index (χ4v) is 3.35. The monoisotopic (exact) mass is 206 g/mol. The summed E-state index contributed by atoms with van der Waals surface area (Å²) in [6, 6.07) is 0.102. The van der Waals surface area contributed by atoms with E-state index in [2.05, 4.69) is 5.32 Å². The molecule has 0 saturated carbocycles. The van der Waals surface area contributed by atoms with Gasteiger partial charge in [0.15, 0.2) is 0 Å². The minimum Gasteiger partial charge on any atom is -0.314 e. The maximum absolute atomic E-state index is 11.7. The Bertz CT molecular complexity index is 251. The van der Waals surface area contributed by atoms with Crippen LogP contribution < -0.4 is 5.32 Å². The molecule has 1 aliphatic heterocycles. The molecule has 0 spiro atoms. The van der Waals surface area contributed by atoms with Crippen molar-refractivity contribution in [1.82, 2.24) is 9.62 Å². The molecule has 0 unspecified atom stereocenters. The third-order valence-electron chi connectivity index (χ3n) is 2.26. The molecular formula is C8H18N2O2S. The zero-order chi connectivity index (χ0) is 9.90. The molecule has 1 fully saturated rings. The predicted octanol–water partition coefficient (Wildman–Crippen LogP) is 0.0199. The number of nitrogens with zero attached hydrogens (tertiary/aromatic N) is 1. The molecule has 0 radical (unpaired) electrons. The van der Waals surface area contributed by atoms with Gasteiger partial charge in [0, 0.05) is 25.7 Å². The lowest BCUT2D eigenvalue weighted by atomic mass is 10.3. The molecule has 78 valence electrons. The van der Waals surface area contributed by atoms with Crippen molar-refractivity contribution >= 4 is 10.0 Å². The Morgan fingerprint density at radius 1 is 1.54 bits per heavy atom. The summed E-state index contributed by atoms with van der Waals surface area (Å²) in [4.78, 5) is 0. The molecule has 0 bridgehead atoms. The lowest BCUT2D eigenvalue weighted by Gasteiger charge is -2.32. The molecule has 4 nitrogen and oxygen atoms in total. The van der Waals surface area contributed by atoms with Gasteiger partial charge in [0.25, 0.3) is 0 Å². The quantitative estimate of drug-likeness (QED) is 0.708. The van der Waals surface area contributed by atoms with Gasteiger partial charge in [0.1, 0.15) is 0 Å². The summed E-state index contributed by atoms with van der Waals surface area (Å²) < 4.78 is 25.0. The van der Waals surface area contributed by atoms with Crippen LogP contribution in [0.15, 0.2) is 0 Å². The minimum absolute atomic E-state index is 0.102. The topological polar surface area (TPSA) is 49.4 Å². The van der Waals surface area contributed by atoms with Crippen molar-refractivity contribution in [2.75, 3.05) is 25.4 Å². The first-order valence-corrected chi connectivity index (χ1v) is 6.39. The Morgan fingerprint density at radius 3 is 2.77 bits per heavy atom. The second-order valence-corrected chi connectivity index (χ2v) is 5.52. The van der Waals surface area contributed by atoms with Gasteiger partial charge < -0.3 is 5.32 Å². The van der Waals surface area contributed by atoms with Crippen molar-refractivity contribution in [3.8, 4) is 0 Å². The SMILES string of the molecule is CCCS(=O)(=O)N1CCNC[C@@H]1C. The summed E-state index contributed by atoms with van der Waals surface area (Å²) in [5, 5.41) is 3.17. The number of hydrogen-bond donors (Lipinski definition) is 1. The number of sulfonamides is 1. The second kappa shape index (κ2) is 4.39. The van der Waals surface area contributed by atoms with Crippen molar-refractivity contribution in [1.29, 1.82) is 0 Å². The molecule has 0 aromatic rings.